The fraction of sp³-hybridized carbons (Fsp3) is 0.308. The summed E-state index contributed by atoms with van der Waals surface area (Å²) < 4.78 is 85.2. The molecule has 0 aliphatic rings. The first-order valence-electron chi connectivity index (χ1n) is 6.04. The maximum Gasteiger partial charge on any atom is 0.431 e. The van der Waals surface area contributed by atoms with E-state index < -0.39 is 40.3 Å². The van der Waals surface area contributed by atoms with Gasteiger partial charge in [-0.05, 0) is 17.7 Å². The number of ether oxygens (including phenoxy) is 1. The molecule has 5 nitrogen and oxygen atoms in total. The van der Waals surface area contributed by atoms with Gasteiger partial charge in [-0.2, -0.15) is 26.0 Å². The van der Waals surface area contributed by atoms with Gasteiger partial charge >= 0.3 is 27.3 Å². The minimum absolute atomic E-state index is 0.0135. The summed E-state index contributed by atoms with van der Waals surface area (Å²) in [5.41, 5.74) is 0.668. The summed E-state index contributed by atoms with van der Waals surface area (Å²) in [6, 6.07) is 5.60. The molecule has 1 aromatic rings. The van der Waals surface area contributed by atoms with E-state index in [-0.39, 0.29) is 5.56 Å². The van der Waals surface area contributed by atoms with Crippen molar-refractivity contribution in [2.75, 3.05) is 6.61 Å². The van der Waals surface area contributed by atoms with E-state index in [4.69, 9.17) is 4.55 Å². The van der Waals surface area contributed by atoms with Crippen molar-refractivity contribution >= 4 is 22.2 Å². The number of hydrogen-bond donors (Lipinski definition) is 1. The van der Waals surface area contributed by atoms with Gasteiger partial charge in [0.2, 0.25) is 0 Å². The molecule has 0 aromatic heterocycles. The summed E-state index contributed by atoms with van der Waals surface area (Å²) >= 11 is 0. The van der Waals surface area contributed by atoms with Crippen LogP contribution in [0.2, 0.25) is 0 Å². The Balaban J connectivity index is 2.68. The van der Waals surface area contributed by atoms with Gasteiger partial charge in [0.25, 0.3) is 0 Å². The average Bonchev–Trinajstić information content (AvgIpc) is 2.45. The van der Waals surface area contributed by atoms with Crippen LogP contribution in [0.5, 0.6) is 0 Å². The molecule has 0 atom stereocenters. The van der Waals surface area contributed by atoms with E-state index in [1.165, 1.54) is 30.3 Å². The SMILES string of the molecule is C=Cc1ccc(C(=O)OCCC(F)(F)C(F)(F)S(=O)(=O)O)cc1. The Bertz CT molecular complexity index is 683. The second-order valence-corrected chi connectivity index (χ2v) is 5.87. The third-order valence-corrected chi connectivity index (χ3v) is 3.73. The molecule has 0 bridgehead atoms. The molecule has 1 rings (SSSR count). The molecule has 0 saturated carbocycles. The van der Waals surface area contributed by atoms with Crippen molar-refractivity contribution in [3.05, 3.63) is 42.0 Å². The highest BCUT2D eigenvalue weighted by Gasteiger charge is 2.65. The van der Waals surface area contributed by atoms with E-state index in [2.05, 4.69) is 11.3 Å². The normalized spacial score (nSPS) is 12.7. The standard InChI is InChI=1S/C13H12F4O5S/c1-2-9-3-5-10(6-4-9)11(18)22-8-7-12(14,15)13(16,17)23(19,20)21/h2-6H,1,7-8H2,(H,19,20,21). The Labute approximate surface area is 129 Å². The summed E-state index contributed by atoms with van der Waals surface area (Å²) in [7, 11) is -6.30. The summed E-state index contributed by atoms with van der Waals surface area (Å²) in [6.45, 7) is 2.32. The Morgan fingerprint density at radius 2 is 1.74 bits per heavy atom. The molecular weight excluding hydrogens is 344 g/mol. The Kier molecular flexibility index (Phi) is 5.54. The van der Waals surface area contributed by atoms with Crippen LogP contribution < -0.4 is 0 Å². The quantitative estimate of drug-likeness (QED) is 0.461. The number of rotatable bonds is 7. The van der Waals surface area contributed by atoms with Gasteiger partial charge in [0.1, 0.15) is 0 Å². The first-order valence-corrected chi connectivity index (χ1v) is 7.48. The van der Waals surface area contributed by atoms with Crippen LogP contribution in [0.25, 0.3) is 6.08 Å². The molecule has 0 saturated heterocycles. The highest BCUT2D eigenvalue weighted by molar-refractivity contribution is 7.87. The number of carbonyl (C=O) groups is 1. The summed E-state index contributed by atoms with van der Waals surface area (Å²) in [5, 5.41) is -5.68. The smallest absolute Gasteiger partial charge is 0.431 e. The van der Waals surface area contributed by atoms with Crippen LogP contribution in [-0.4, -0.2) is 36.7 Å². The number of carbonyl (C=O) groups excluding carboxylic acids is 1. The van der Waals surface area contributed by atoms with Crippen LogP contribution in [0.4, 0.5) is 17.6 Å². The number of alkyl halides is 4. The van der Waals surface area contributed by atoms with Crippen molar-refractivity contribution in [2.24, 2.45) is 0 Å². The molecule has 1 N–H and O–H groups in total. The second kappa shape index (κ2) is 6.67. The minimum atomic E-state index is -6.30. The molecule has 23 heavy (non-hydrogen) atoms. The lowest BCUT2D eigenvalue weighted by atomic mass is 10.1. The first-order chi connectivity index (χ1) is 10.4. The lowest BCUT2D eigenvalue weighted by Crippen LogP contribution is -2.47. The molecule has 1 aromatic carbocycles. The molecule has 0 aliphatic carbocycles. The van der Waals surface area contributed by atoms with Gasteiger partial charge in [-0.3, -0.25) is 4.55 Å². The third kappa shape index (κ3) is 4.29. The molecule has 0 unspecified atom stereocenters. The predicted molar refractivity (Wildman–Crippen MR) is 72.9 cm³/mol. The van der Waals surface area contributed by atoms with Gasteiger partial charge in [0.05, 0.1) is 18.6 Å². The van der Waals surface area contributed by atoms with Gasteiger partial charge < -0.3 is 4.74 Å². The molecule has 0 spiro atoms. The molecule has 10 heteroatoms. The molecule has 0 amide bonds. The van der Waals surface area contributed by atoms with Crippen LogP contribution in [0.1, 0.15) is 22.3 Å². The van der Waals surface area contributed by atoms with Gasteiger partial charge in [-0.15, -0.1) is 0 Å². The van der Waals surface area contributed by atoms with Crippen LogP contribution in [-0.2, 0) is 14.9 Å². The minimum Gasteiger partial charge on any atom is -0.462 e. The third-order valence-electron chi connectivity index (χ3n) is 2.78. The zero-order valence-corrected chi connectivity index (χ0v) is 12.3. The summed E-state index contributed by atoms with van der Waals surface area (Å²) in [6.07, 6.45) is -0.288. The first kappa shape index (κ1) is 19.1. The van der Waals surface area contributed by atoms with Crippen molar-refractivity contribution in [1.82, 2.24) is 0 Å². The largest absolute Gasteiger partial charge is 0.462 e. The average molecular weight is 356 g/mol. The maximum absolute atomic E-state index is 13.2. The predicted octanol–water partition coefficient (Wildman–Crippen LogP) is 2.99. The van der Waals surface area contributed by atoms with Gasteiger partial charge in [0, 0.05) is 0 Å². The van der Waals surface area contributed by atoms with Crippen molar-refractivity contribution < 1.29 is 40.1 Å². The van der Waals surface area contributed by atoms with E-state index in [0.29, 0.717) is 5.56 Å². The molecule has 128 valence electrons. The maximum atomic E-state index is 13.2. The lowest BCUT2D eigenvalue weighted by molar-refractivity contribution is -0.168. The number of halogens is 4. The summed E-state index contributed by atoms with van der Waals surface area (Å²) in [5.74, 6) is -6.15. The fourth-order valence-corrected chi connectivity index (χ4v) is 1.92. The van der Waals surface area contributed by atoms with E-state index >= 15 is 0 Å². The Hall–Kier alpha value is -1.94. The zero-order chi connectivity index (χ0) is 17.9. The van der Waals surface area contributed by atoms with Crippen molar-refractivity contribution in [2.45, 2.75) is 17.6 Å². The topological polar surface area (TPSA) is 80.7 Å². The van der Waals surface area contributed by atoms with Crippen LogP contribution >= 0.6 is 0 Å². The van der Waals surface area contributed by atoms with Gasteiger partial charge in [0.15, 0.2) is 0 Å². The lowest BCUT2D eigenvalue weighted by Gasteiger charge is -2.23. The molecule has 0 radical (unpaired) electrons. The van der Waals surface area contributed by atoms with Crippen LogP contribution in [0.3, 0.4) is 0 Å². The van der Waals surface area contributed by atoms with Crippen LogP contribution in [0, 0.1) is 0 Å². The molecule has 0 heterocycles. The van der Waals surface area contributed by atoms with E-state index in [9.17, 15) is 30.8 Å². The van der Waals surface area contributed by atoms with Crippen molar-refractivity contribution in [3.63, 3.8) is 0 Å². The molecule has 0 fully saturated rings. The Morgan fingerprint density at radius 3 is 2.17 bits per heavy atom. The van der Waals surface area contributed by atoms with Gasteiger partial charge in [-0.25, -0.2) is 4.79 Å². The number of hydrogen-bond acceptors (Lipinski definition) is 4. The fourth-order valence-electron chi connectivity index (χ4n) is 1.44. The number of benzene rings is 1. The van der Waals surface area contributed by atoms with E-state index in [0.717, 1.165) is 0 Å². The van der Waals surface area contributed by atoms with Gasteiger partial charge in [-0.1, -0.05) is 24.8 Å². The van der Waals surface area contributed by atoms with E-state index in [1.54, 1.807) is 0 Å². The molecule has 0 aliphatic heterocycles. The highest BCUT2D eigenvalue weighted by atomic mass is 32.2. The monoisotopic (exact) mass is 356 g/mol. The number of esters is 1. The molecular formula is C13H12F4O5S. The van der Waals surface area contributed by atoms with Crippen LogP contribution in [0.15, 0.2) is 30.8 Å². The Morgan fingerprint density at radius 1 is 1.22 bits per heavy atom. The van der Waals surface area contributed by atoms with Crippen molar-refractivity contribution in [3.8, 4) is 0 Å². The second-order valence-electron chi connectivity index (χ2n) is 4.41. The van der Waals surface area contributed by atoms with E-state index in [1.807, 2.05) is 0 Å². The summed E-state index contributed by atoms with van der Waals surface area (Å²) in [4.78, 5) is 11.5. The van der Waals surface area contributed by atoms with Crippen molar-refractivity contribution in [1.29, 1.82) is 0 Å². The highest BCUT2D eigenvalue weighted by Crippen LogP contribution is 2.40. The zero-order valence-electron chi connectivity index (χ0n) is 11.5.